The van der Waals surface area contributed by atoms with Gasteiger partial charge < -0.3 is 10.1 Å². The van der Waals surface area contributed by atoms with Crippen molar-refractivity contribution in [1.29, 1.82) is 5.26 Å². The predicted molar refractivity (Wildman–Crippen MR) is 115 cm³/mol. The van der Waals surface area contributed by atoms with E-state index in [2.05, 4.69) is 52.8 Å². The summed E-state index contributed by atoms with van der Waals surface area (Å²) in [5.41, 5.74) is 7.56. The minimum atomic E-state index is 0.182. The van der Waals surface area contributed by atoms with E-state index in [1.54, 1.807) is 7.11 Å². The average molecular weight is 381 g/mol. The van der Waals surface area contributed by atoms with Crippen LogP contribution in [0.15, 0.2) is 83.7 Å². The van der Waals surface area contributed by atoms with Crippen LogP contribution in [0, 0.1) is 17.2 Å². The van der Waals surface area contributed by atoms with Gasteiger partial charge in [-0.05, 0) is 60.4 Å². The SMILES string of the molecule is CNC1=C(c2ccc(CCc3ccc(OC)cc3)nc2)C=C2C=C(C#N)C=CC21. The molecule has 1 aromatic carbocycles. The molecule has 1 aromatic heterocycles. The molecule has 2 aromatic rings. The number of allylic oxidation sites excluding steroid dienone is 6. The smallest absolute Gasteiger partial charge is 0.118 e. The first-order valence-electron chi connectivity index (χ1n) is 9.73. The van der Waals surface area contributed by atoms with Gasteiger partial charge in [-0.1, -0.05) is 24.3 Å². The van der Waals surface area contributed by atoms with E-state index in [4.69, 9.17) is 10.00 Å². The lowest BCUT2D eigenvalue weighted by Gasteiger charge is -2.17. The predicted octanol–water partition coefficient (Wildman–Crippen LogP) is 4.38. The molecule has 1 unspecified atom stereocenters. The van der Waals surface area contributed by atoms with Crippen molar-refractivity contribution >= 4 is 5.57 Å². The third-order valence-electron chi connectivity index (χ3n) is 5.42. The Bertz CT molecular complexity index is 1060. The van der Waals surface area contributed by atoms with Crippen LogP contribution in [0.4, 0.5) is 0 Å². The van der Waals surface area contributed by atoms with Crippen LogP contribution in [0.2, 0.25) is 0 Å². The summed E-state index contributed by atoms with van der Waals surface area (Å²) in [4.78, 5) is 4.69. The summed E-state index contributed by atoms with van der Waals surface area (Å²) < 4.78 is 5.21. The number of rotatable bonds is 6. The molecule has 4 nitrogen and oxygen atoms in total. The van der Waals surface area contributed by atoms with E-state index in [0.717, 1.165) is 46.7 Å². The fourth-order valence-corrected chi connectivity index (χ4v) is 3.83. The van der Waals surface area contributed by atoms with Crippen LogP contribution in [0.5, 0.6) is 5.75 Å². The van der Waals surface area contributed by atoms with Crippen molar-refractivity contribution in [2.45, 2.75) is 12.8 Å². The van der Waals surface area contributed by atoms with Crippen molar-refractivity contribution in [2.75, 3.05) is 14.2 Å². The number of nitrogens with zero attached hydrogens (tertiary/aromatic N) is 2. The lowest BCUT2D eigenvalue weighted by Crippen LogP contribution is -2.15. The third kappa shape index (κ3) is 3.86. The first-order valence-corrected chi connectivity index (χ1v) is 9.73. The minimum Gasteiger partial charge on any atom is -0.497 e. The van der Waals surface area contributed by atoms with Gasteiger partial charge in [0.1, 0.15) is 5.75 Å². The number of fused-ring (bicyclic) bond motifs is 1. The van der Waals surface area contributed by atoms with Gasteiger partial charge in [0.05, 0.1) is 18.8 Å². The lowest BCUT2D eigenvalue weighted by molar-refractivity contribution is 0.414. The molecule has 0 amide bonds. The van der Waals surface area contributed by atoms with Gasteiger partial charge >= 0.3 is 0 Å². The Morgan fingerprint density at radius 1 is 1.10 bits per heavy atom. The summed E-state index contributed by atoms with van der Waals surface area (Å²) in [6.45, 7) is 0. The summed E-state index contributed by atoms with van der Waals surface area (Å²) in [6, 6.07) is 14.6. The Labute approximate surface area is 171 Å². The van der Waals surface area contributed by atoms with Crippen molar-refractivity contribution < 1.29 is 4.74 Å². The molecule has 0 saturated carbocycles. The van der Waals surface area contributed by atoms with Gasteiger partial charge in [0, 0.05) is 41.7 Å². The van der Waals surface area contributed by atoms with Gasteiger partial charge in [-0.2, -0.15) is 5.26 Å². The topological polar surface area (TPSA) is 57.9 Å². The molecule has 4 rings (SSSR count). The van der Waals surface area contributed by atoms with Crippen molar-refractivity contribution in [3.63, 3.8) is 0 Å². The van der Waals surface area contributed by atoms with Gasteiger partial charge in [-0.25, -0.2) is 0 Å². The monoisotopic (exact) mass is 381 g/mol. The highest BCUT2D eigenvalue weighted by molar-refractivity contribution is 5.83. The number of benzene rings is 1. The largest absolute Gasteiger partial charge is 0.497 e. The number of nitrogens with one attached hydrogen (secondary N) is 1. The molecule has 0 radical (unpaired) electrons. The molecule has 144 valence electrons. The summed E-state index contributed by atoms with van der Waals surface area (Å²) in [5, 5.41) is 12.5. The number of pyridine rings is 1. The lowest BCUT2D eigenvalue weighted by atomic mass is 9.92. The Morgan fingerprint density at radius 2 is 1.93 bits per heavy atom. The van der Waals surface area contributed by atoms with Gasteiger partial charge in [0.25, 0.3) is 0 Å². The van der Waals surface area contributed by atoms with E-state index in [1.165, 1.54) is 5.56 Å². The molecule has 2 aliphatic rings. The highest BCUT2D eigenvalue weighted by Crippen LogP contribution is 2.39. The van der Waals surface area contributed by atoms with E-state index in [1.807, 2.05) is 37.5 Å². The zero-order valence-electron chi connectivity index (χ0n) is 16.6. The molecule has 1 heterocycles. The first kappa shape index (κ1) is 18.8. The second kappa shape index (κ2) is 8.20. The Kier molecular flexibility index (Phi) is 5.31. The fourth-order valence-electron chi connectivity index (χ4n) is 3.83. The molecule has 2 aliphatic carbocycles. The molecule has 0 spiro atoms. The molecular formula is C25H23N3O. The van der Waals surface area contributed by atoms with Crippen LogP contribution in [-0.2, 0) is 12.8 Å². The normalized spacial score (nSPS) is 17.3. The summed E-state index contributed by atoms with van der Waals surface area (Å²) in [7, 11) is 3.62. The van der Waals surface area contributed by atoms with Gasteiger partial charge in [0.2, 0.25) is 0 Å². The highest BCUT2D eigenvalue weighted by atomic mass is 16.5. The van der Waals surface area contributed by atoms with E-state index >= 15 is 0 Å². The average Bonchev–Trinajstić information content (AvgIpc) is 3.16. The van der Waals surface area contributed by atoms with Crippen LogP contribution in [0.1, 0.15) is 16.8 Å². The molecule has 0 fully saturated rings. The summed E-state index contributed by atoms with van der Waals surface area (Å²) in [6.07, 6.45) is 11.9. The maximum atomic E-state index is 9.16. The Morgan fingerprint density at radius 3 is 2.59 bits per heavy atom. The number of methoxy groups -OCH3 is 1. The zero-order valence-corrected chi connectivity index (χ0v) is 16.6. The fraction of sp³-hybridized carbons (Fsp3) is 0.200. The number of ether oxygens (including phenoxy) is 1. The highest BCUT2D eigenvalue weighted by Gasteiger charge is 2.27. The van der Waals surface area contributed by atoms with E-state index < -0.39 is 0 Å². The van der Waals surface area contributed by atoms with Crippen molar-refractivity contribution in [3.8, 4) is 11.8 Å². The first-order chi connectivity index (χ1) is 14.2. The Hall–Kier alpha value is -3.58. The Balaban J connectivity index is 1.50. The third-order valence-corrected chi connectivity index (χ3v) is 5.42. The number of nitriles is 1. The van der Waals surface area contributed by atoms with Crippen LogP contribution in [0.25, 0.3) is 5.57 Å². The minimum absolute atomic E-state index is 0.182. The van der Waals surface area contributed by atoms with Gasteiger partial charge in [-0.15, -0.1) is 0 Å². The zero-order chi connectivity index (χ0) is 20.2. The summed E-state index contributed by atoms with van der Waals surface area (Å²) in [5.74, 6) is 1.06. The van der Waals surface area contributed by atoms with Gasteiger partial charge in [0.15, 0.2) is 0 Å². The van der Waals surface area contributed by atoms with E-state index in [0.29, 0.717) is 5.57 Å². The molecular weight excluding hydrogens is 358 g/mol. The van der Waals surface area contributed by atoms with Crippen LogP contribution >= 0.6 is 0 Å². The number of aromatic nitrogens is 1. The quantitative estimate of drug-likeness (QED) is 0.807. The maximum Gasteiger partial charge on any atom is 0.118 e. The number of aryl methyl sites for hydroxylation is 2. The molecule has 29 heavy (non-hydrogen) atoms. The molecule has 0 aliphatic heterocycles. The van der Waals surface area contributed by atoms with Crippen LogP contribution < -0.4 is 10.1 Å². The molecule has 1 N–H and O–H groups in total. The molecule has 0 bridgehead atoms. The van der Waals surface area contributed by atoms with E-state index in [9.17, 15) is 0 Å². The van der Waals surface area contributed by atoms with Crippen molar-refractivity contribution in [1.82, 2.24) is 10.3 Å². The molecule has 4 heteroatoms. The molecule has 1 atom stereocenters. The number of hydrogen-bond acceptors (Lipinski definition) is 4. The van der Waals surface area contributed by atoms with Gasteiger partial charge in [-0.3, -0.25) is 4.98 Å². The maximum absolute atomic E-state index is 9.16. The van der Waals surface area contributed by atoms with Crippen molar-refractivity contribution in [3.05, 3.63) is 101 Å². The van der Waals surface area contributed by atoms with Crippen molar-refractivity contribution in [2.24, 2.45) is 5.92 Å². The standard InChI is InChI=1S/C25H23N3O/c1-27-25-23-12-6-18(15-26)13-20(23)14-24(25)19-7-9-21(28-16-19)8-3-17-4-10-22(29-2)11-5-17/h4-7,9-14,16,23,27H,3,8H2,1-2H3. The molecule has 0 saturated heterocycles. The van der Waals surface area contributed by atoms with Crippen LogP contribution in [-0.4, -0.2) is 19.1 Å². The second-order valence-electron chi connectivity index (χ2n) is 7.16. The number of hydrogen-bond donors (Lipinski definition) is 1. The van der Waals surface area contributed by atoms with Crippen LogP contribution in [0.3, 0.4) is 0 Å². The second-order valence-corrected chi connectivity index (χ2v) is 7.16. The summed E-state index contributed by atoms with van der Waals surface area (Å²) >= 11 is 0. The van der Waals surface area contributed by atoms with E-state index in [-0.39, 0.29) is 5.92 Å².